The van der Waals surface area contributed by atoms with E-state index in [1.165, 1.54) is 0 Å². The first-order valence-electron chi connectivity index (χ1n) is 6.50. The van der Waals surface area contributed by atoms with Crippen molar-refractivity contribution < 1.29 is 0 Å². The minimum Gasteiger partial charge on any atom is -0.320 e. The van der Waals surface area contributed by atoms with Crippen LogP contribution in [0.4, 0.5) is 0 Å². The molecule has 0 aliphatic rings. The Morgan fingerprint density at radius 3 is 2.80 bits per heavy atom. The van der Waals surface area contributed by atoms with Gasteiger partial charge in [0.15, 0.2) is 0 Å². The van der Waals surface area contributed by atoms with Crippen molar-refractivity contribution in [3.8, 4) is 0 Å². The number of hydrogen-bond acceptors (Lipinski definition) is 2. The quantitative estimate of drug-likeness (QED) is 0.763. The summed E-state index contributed by atoms with van der Waals surface area (Å²) in [5, 5.41) is 2.95. The average Bonchev–Trinajstić information content (AvgIpc) is 2.45. The molecule has 0 saturated heterocycles. The van der Waals surface area contributed by atoms with Crippen molar-refractivity contribution in [2.24, 2.45) is 5.73 Å². The summed E-state index contributed by atoms with van der Waals surface area (Å²) in [4.78, 5) is 4.15. The molecule has 0 aliphatic carbocycles. The summed E-state index contributed by atoms with van der Waals surface area (Å²) >= 11 is 6.13. The molecule has 1 heterocycles. The Kier molecular flexibility index (Phi) is 3.43. The highest BCUT2D eigenvalue weighted by Gasteiger charge is 2.13. The van der Waals surface area contributed by atoms with Crippen LogP contribution in [0.5, 0.6) is 0 Å². The monoisotopic (exact) mass is 282 g/mol. The Balaban J connectivity index is 2.15. The van der Waals surface area contributed by atoms with Gasteiger partial charge in [0.1, 0.15) is 0 Å². The predicted octanol–water partition coefficient (Wildman–Crippen LogP) is 4.24. The lowest BCUT2D eigenvalue weighted by Gasteiger charge is -2.16. The number of fused-ring (bicyclic) bond motifs is 1. The number of halogens is 1. The minimum atomic E-state index is -0.196. The van der Waals surface area contributed by atoms with Crippen LogP contribution in [0, 0.1) is 6.92 Å². The molecule has 3 heteroatoms. The molecule has 0 spiro atoms. The lowest BCUT2D eigenvalue weighted by atomic mass is 9.94. The van der Waals surface area contributed by atoms with Gasteiger partial charge in [0.2, 0.25) is 0 Å². The van der Waals surface area contributed by atoms with Crippen molar-refractivity contribution in [2.75, 3.05) is 0 Å². The maximum Gasteiger partial charge on any atom is 0.0558 e. The third-order valence-electron chi connectivity index (χ3n) is 3.47. The van der Waals surface area contributed by atoms with Crippen LogP contribution >= 0.6 is 11.6 Å². The van der Waals surface area contributed by atoms with E-state index in [0.29, 0.717) is 0 Å². The van der Waals surface area contributed by atoms with Gasteiger partial charge in [-0.1, -0.05) is 35.9 Å². The van der Waals surface area contributed by atoms with E-state index in [1.54, 1.807) is 6.20 Å². The van der Waals surface area contributed by atoms with E-state index in [-0.39, 0.29) is 6.04 Å². The molecule has 0 saturated carbocycles. The minimum absolute atomic E-state index is 0.196. The molecule has 0 radical (unpaired) electrons. The smallest absolute Gasteiger partial charge is 0.0558 e. The van der Waals surface area contributed by atoms with Gasteiger partial charge in [-0.15, -0.1) is 0 Å². The largest absolute Gasteiger partial charge is 0.320 e. The summed E-state index contributed by atoms with van der Waals surface area (Å²) in [5.41, 5.74) is 9.67. The Labute approximate surface area is 123 Å². The van der Waals surface area contributed by atoms with Gasteiger partial charge < -0.3 is 5.73 Å². The first-order chi connectivity index (χ1) is 9.65. The van der Waals surface area contributed by atoms with Crippen LogP contribution < -0.4 is 5.73 Å². The molecule has 2 N–H and O–H groups in total. The molecule has 0 aliphatic heterocycles. The third kappa shape index (κ3) is 2.40. The van der Waals surface area contributed by atoms with Gasteiger partial charge in [-0.3, -0.25) is 4.98 Å². The number of benzene rings is 2. The van der Waals surface area contributed by atoms with Gasteiger partial charge in [-0.05, 0) is 47.2 Å². The van der Waals surface area contributed by atoms with E-state index < -0.39 is 0 Å². The molecular formula is C17H15ClN2. The van der Waals surface area contributed by atoms with Crippen molar-refractivity contribution in [2.45, 2.75) is 13.0 Å². The first-order valence-corrected chi connectivity index (χ1v) is 6.88. The number of nitrogens with zero attached hydrogens (tertiary/aromatic N) is 1. The summed E-state index contributed by atoms with van der Waals surface area (Å²) < 4.78 is 0. The molecule has 1 atom stereocenters. The van der Waals surface area contributed by atoms with E-state index in [0.717, 1.165) is 32.5 Å². The molecule has 0 amide bonds. The molecule has 0 bridgehead atoms. The Morgan fingerprint density at radius 1 is 1.15 bits per heavy atom. The number of rotatable bonds is 2. The van der Waals surface area contributed by atoms with Crippen molar-refractivity contribution in [3.05, 3.63) is 76.6 Å². The van der Waals surface area contributed by atoms with Gasteiger partial charge in [0, 0.05) is 22.8 Å². The highest BCUT2D eigenvalue weighted by atomic mass is 35.5. The van der Waals surface area contributed by atoms with E-state index in [4.69, 9.17) is 17.3 Å². The van der Waals surface area contributed by atoms with Gasteiger partial charge in [-0.2, -0.15) is 0 Å². The molecule has 20 heavy (non-hydrogen) atoms. The summed E-state index contributed by atoms with van der Waals surface area (Å²) in [6.07, 6.45) is 3.65. The number of aromatic nitrogens is 1. The van der Waals surface area contributed by atoms with Crippen LogP contribution in [-0.2, 0) is 0 Å². The molecule has 3 rings (SSSR count). The first kappa shape index (κ1) is 13.1. The maximum atomic E-state index is 6.44. The second-order valence-corrected chi connectivity index (χ2v) is 5.42. The van der Waals surface area contributed by atoms with Crippen LogP contribution in [0.3, 0.4) is 0 Å². The predicted molar refractivity (Wildman–Crippen MR) is 84.0 cm³/mol. The van der Waals surface area contributed by atoms with Gasteiger partial charge in [0.25, 0.3) is 0 Å². The SMILES string of the molecule is Cc1cc(Cl)cc(C(N)c2cccc3cnccc23)c1. The average molecular weight is 283 g/mol. The number of pyridine rings is 1. The fourth-order valence-electron chi connectivity index (χ4n) is 2.54. The van der Waals surface area contributed by atoms with Crippen LogP contribution in [0.25, 0.3) is 10.8 Å². The molecular weight excluding hydrogens is 268 g/mol. The highest BCUT2D eigenvalue weighted by Crippen LogP contribution is 2.28. The fraction of sp³-hybridized carbons (Fsp3) is 0.118. The molecule has 2 nitrogen and oxygen atoms in total. The summed E-state index contributed by atoms with van der Waals surface area (Å²) in [6, 6.07) is 13.9. The molecule has 1 aromatic heterocycles. The standard InChI is InChI=1S/C17H15ClN2/c1-11-7-13(9-14(18)8-11)17(19)16-4-2-3-12-10-20-6-5-15(12)16/h2-10,17H,19H2,1H3. The van der Waals surface area contributed by atoms with Crippen molar-refractivity contribution in [1.29, 1.82) is 0 Å². The lowest BCUT2D eigenvalue weighted by Crippen LogP contribution is -2.12. The Morgan fingerprint density at radius 2 is 2.00 bits per heavy atom. The maximum absolute atomic E-state index is 6.44. The second-order valence-electron chi connectivity index (χ2n) is 4.98. The van der Waals surface area contributed by atoms with Gasteiger partial charge >= 0.3 is 0 Å². The normalized spacial score (nSPS) is 12.6. The van der Waals surface area contributed by atoms with Gasteiger partial charge in [0.05, 0.1) is 6.04 Å². The number of nitrogens with two attached hydrogens (primary N) is 1. The van der Waals surface area contributed by atoms with E-state index >= 15 is 0 Å². The van der Waals surface area contributed by atoms with Crippen LogP contribution in [0.2, 0.25) is 5.02 Å². The van der Waals surface area contributed by atoms with Crippen LogP contribution in [0.15, 0.2) is 54.9 Å². The zero-order valence-electron chi connectivity index (χ0n) is 11.2. The summed E-state index contributed by atoms with van der Waals surface area (Å²) in [7, 11) is 0. The lowest BCUT2D eigenvalue weighted by molar-refractivity contribution is 0.879. The van der Waals surface area contributed by atoms with Crippen molar-refractivity contribution in [1.82, 2.24) is 4.98 Å². The zero-order chi connectivity index (χ0) is 14.1. The van der Waals surface area contributed by atoms with Crippen molar-refractivity contribution >= 4 is 22.4 Å². The zero-order valence-corrected chi connectivity index (χ0v) is 11.9. The second kappa shape index (κ2) is 5.23. The Hall–Kier alpha value is -1.90. The fourth-order valence-corrected chi connectivity index (χ4v) is 2.84. The van der Waals surface area contributed by atoms with E-state index in [9.17, 15) is 0 Å². The van der Waals surface area contributed by atoms with Crippen LogP contribution in [0.1, 0.15) is 22.7 Å². The van der Waals surface area contributed by atoms with Crippen LogP contribution in [-0.4, -0.2) is 4.98 Å². The topological polar surface area (TPSA) is 38.9 Å². The summed E-state index contributed by atoms with van der Waals surface area (Å²) in [5.74, 6) is 0. The molecule has 2 aromatic carbocycles. The molecule has 1 unspecified atom stereocenters. The molecule has 100 valence electrons. The Bertz CT molecular complexity index is 742. The van der Waals surface area contributed by atoms with E-state index in [2.05, 4.69) is 17.1 Å². The number of aryl methyl sites for hydroxylation is 1. The number of hydrogen-bond donors (Lipinski definition) is 1. The highest BCUT2D eigenvalue weighted by molar-refractivity contribution is 6.30. The molecule has 0 fully saturated rings. The van der Waals surface area contributed by atoms with Gasteiger partial charge in [-0.25, -0.2) is 0 Å². The van der Waals surface area contributed by atoms with Crippen molar-refractivity contribution in [3.63, 3.8) is 0 Å². The van der Waals surface area contributed by atoms with E-state index in [1.807, 2.05) is 43.5 Å². The third-order valence-corrected chi connectivity index (χ3v) is 3.69. The molecule has 3 aromatic rings. The summed E-state index contributed by atoms with van der Waals surface area (Å²) in [6.45, 7) is 2.02.